The molecule has 140 valence electrons. The summed E-state index contributed by atoms with van der Waals surface area (Å²) in [5, 5.41) is 13.8. The number of fused-ring (bicyclic) bond motifs is 1. The van der Waals surface area contributed by atoms with Crippen LogP contribution in [0.15, 0.2) is 36.4 Å². The predicted octanol–water partition coefficient (Wildman–Crippen LogP) is 4.09. The zero-order valence-corrected chi connectivity index (χ0v) is 15.4. The Labute approximate surface area is 160 Å². The van der Waals surface area contributed by atoms with Crippen molar-refractivity contribution in [2.24, 2.45) is 0 Å². The Hall–Kier alpha value is -2.93. The van der Waals surface area contributed by atoms with E-state index in [1.807, 2.05) is 26.0 Å². The summed E-state index contributed by atoms with van der Waals surface area (Å²) in [6, 6.07) is 9.38. The number of halogens is 1. The van der Waals surface area contributed by atoms with E-state index in [1.54, 1.807) is 6.07 Å². The highest BCUT2D eigenvalue weighted by molar-refractivity contribution is 6.31. The van der Waals surface area contributed by atoms with E-state index >= 15 is 0 Å². The first kappa shape index (κ1) is 18.8. The van der Waals surface area contributed by atoms with Crippen molar-refractivity contribution in [1.82, 2.24) is 0 Å². The summed E-state index contributed by atoms with van der Waals surface area (Å²) in [4.78, 5) is 35.3. The molecule has 0 spiro atoms. The number of nitro groups is 1. The molecular weight excluding hydrogens is 372 g/mol. The fourth-order valence-corrected chi connectivity index (χ4v) is 3.06. The molecule has 0 aromatic heterocycles. The predicted molar refractivity (Wildman–Crippen MR) is 100 cm³/mol. The maximum Gasteiger partial charge on any atom is 0.339 e. The lowest BCUT2D eigenvalue weighted by atomic mass is 9.92. The van der Waals surface area contributed by atoms with Crippen molar-refractivity contribution in [3.63, 3.8) is 0 Å². The lowest BCUT2D eigenvalue weighted by Crippen LogP contribution is -2.38. The number of carbonyl (C=O) groups excluding carboxylic acids is 2. The van der Waals surface area contributed by atoms with Crippen LogP contribution in [0.2, 0.25) is 5.02 Å². The standard InChI is InChI=1S/C19H17ClN2O5/c1-10(2)11-3-5-14-12(7-11)8-17(27-19(14)24)18(23)21-15-6-4-13(20)9-16(15)22(25)26/h3-7,9-10,17H,8H2,1-2H3,(H,21,23). The highest BCUT2D eigenvalue weighted by Crippen LogP contribution is 2.29. The second-order valence-electron chi connectivity index (χ2n) is 6.58. The van der Waals surface area contributed by atoms with Crippen molar-refractivity contribution < 1.29 is 19.2 Å². The summed E-state index contributed by atoms with van der Waals surface area (Å²) < 4.78 is 5.22. The first-order chi connectivity index (χ1) is 12.8. The van der Waals surface area contributed by atoms with Gasteiger partial charge in [0.05, 0.1) is 10.5 Å². The van der Waals surface area contributed by atoms with E-state index in [9.17, 15) is 19.7 Å². The fourth-order valence-electron chi connectivity index (χ4n) is 2.90. The van der Waals surface area contributed by atoms with Gasteiger partial charge < -0.3 is 10.1 Å². The Morgan fingerprint density at radius 2 is 2.04 bits per heavy atom. The van der Waals surface area contributed by atoms with Crippen LogP contribution in [-0.4, -0.2) is 22.9 Å². The molecule has 0 aliphatic carbocycles. The average Bonchev–Trinajstić information content (AvgIpc) is 2.62. The maximum atomic E-state index is 12.6. The number of hydrogen-bond donors (Lipinski definition) is 1. The molecule has 3 rings (SSSR count). The van der Waals surface area contributed by atoms with Crippen LogP contribution < -0.4 is 5.32 Å². The Balaban J connectivity index is 1.84. The van der Waals surface area contributed by atoms with Gasteiger partial charge in [0, 0.05) is 17.5 Å². The summed E-state index contributed by atoms with van der Waals surface area (Å²) in [5.74, 6) is -0.941. The SMILES string of the molecule is CC(C)c1ccc2c(c1)CC(C(=O)Nc1ccc(Cl)cc1[N+](=O)[O-])OC2=O. The summed E-state index contributed by atoms with van der Waals surface area (Å²) in [6.07, 6.45) is -0.864. The number of nitrogens with one attached hydrogen (secondary N) is 1. The number of amides is 1. The van der Waals surface area contributed by atoms with Crippen LogP contribution in [0.5, 0.6) is 0 Å². The molecule has 0 saturated carbocycles. The van der Waals surface area contributed by atoms with Gasteiger partial charge in [0.25, 0.3) is 11.6 Å². The monoisotopic (exact) mass is 388 g/mol. The largest absolute Gasteiger partial charge is 0.448 e. The molecule has 1 aliphatic heterocycles. The Morgan fingerprint density at radius 1 is 1.30 bits per heavy atom. The molecule has 1 N–H and O–H groups in total. The van der Waals surface area contributed by atoms with E-state index in [2.05, 4.69) is 5.32 Å². The summed E-state index contributed by atoms with van der Waals surface area (Å²) in [5.41, 5.74) is 1.87. The average molecular weight is 389 g/mol. The molecule has 1 atom stereocenters. The number of anilines is 1. The molecule has 8 heteroatoms. The molecule has 1 aliphatic rings. The molecule has 0 fully saturated rings. The summed E-state index contributed by atoms with van der Waals surface area (Å²) >= 11 is 5.78. The van der Waals surface area contributed by atoms with E-state index in [4.69, 9.17) is 16.3 Å². The molecule has 1 heterocycles. The Morgan fingerprint density at radius 3 is 2.70 bits per heavy atom. The number of cyclic esters (lactones) is 1. The number of carbonyl (C=O) groups is 2. The maximum absolute atomic E-state index is 12.6. The fraction of sp³-hybridized carbons (Fsp3) is 0.263. The molecule has 2 aromatic rings. The highest BCUT2D eigenvalue weighted by atomic mass is 35.5. The summed E-state index contributed by atoms with van der Waals surface area (Å²) in [7, 11) is 0. The molecule has 2 aromatic carbocycles. The van der Waals surface area contributed by atoms with Crippen molar-refractivity contribution in [3.05, 3.63) is 68.2 Å². The van der Waals surface area contributed by atoms with Gasteiger partial charge >= 0.3 is 5.97 Å². The van der Waals surface area contributed by atoms with Gasteiger partial charge in [-0.25, -0.2) is 4.79 Å². The molecule has 27 heavy (non-hydrogen) atoms. The van der Waals surface area contributed by atoms with Crippen LogP contribution in [-0.2, 0) is 16.0 Å². The van der Waals surface area contributed by atoms with Crippen molar-refractivity contribution in [2.45, 2.75) is 32.3 Å². The van der Waals surface area contributed by atoms with E-state index in [-0.39, 0.29) is 28.7 Å². The Kier molecular flexibility index (Phi) is 5.14. The van der Waals surface area contributed by atoms with Crippen LogP contribution in [0, 0.1) is 10.1 Å². The first-order valence-electron chi connectivity index (χ1n) is 8.35. The summed E-state index contributed by atoms with van der Waals surface area (Å²) in [6.45, 7) is 4.07. The van der Waals surface area contributed by atoms with Gasteiger partial charge in [-0.2, -0.15) is 0 Å². The number of benzene rings is 2. The smallest absolute Gasteiger partial charge is 0.339 e. The molecule has 1 amide bonds. The number of esters is 1. The van der Waals surface area contributed by atoms with Gasteiger partial charge in [0.15, 0.2) is 6.10 Å². The number of nitrogens with zero attached hydrogens (tertiary/aromatic N) is 1. The number of hydrogen-bond acceptors (Lipinski definition) is 5. The van der Waals surface area contributed by atoms with Gasteiger partial charge in [0.2, 0.25) is 0 Å². The van der Waals surface area contributed by atoms with Crippen molar-refractivity contribution >= 4 is 34.9 Å². The van der Waals surface area contributed by atoms with Gasteiger partial charge in [0.1, 0.15) is 5.69 Å². The van der Waals surface area contributed by atoms with E-state index in [1.165, 1.54) is 12.1 Å². The van der Waals surface area contributed by atoms with Crippen LogP contribution in [0.3, 0.4) is 0 Å². The topological polar surface area (TPSA) is 98.5 Å². The lowest BCUT2D eigenvalue weighted by molar-refractivity contribution is -0.383. The van der Waals surface area contributed by atoms with Crippen LogP contribution in [0.1, 0.15) is 41.3 Å². The third-order valence-electron chi connectivity index (χ3n) is 4.38. The zero-order chi connectivity index (χ0) is 19.7. The van der Waals surface area contributed by atoms with Gasteiger partial charge in [-0.15, -0.1) is 0 Å². The molecule has 0 saturated heterocycles. The number of rotatable bonds is 4. The van der Waals surface area contributed by atoms with E-state index in [0.29, 0.717) is 5.56 Å². The third kappa shape index (κ3) is 3.93. The first-order valence-corrected chi connectivity index (χ1v) is 8.72. The van der Waals surface area contributed by atoms with Crippen molar-refractivity contribution in [1.29, 1.82) is 0 Å². The minimum absolute atomic E-state index is 0.00724. The second-order valence-corrected chi connectivity index (χ2v) is 7.01. The molecular formula is C19H17ClN2O5. The highest BCUT2D eigenvalue weighted by Gasteiger charge is 2.32. The zero-order valence-electron chi connectivity index (χ0n) is 14.7. The molecule has 1 unspecified atom stereocenters. The lowest BCUT2D eigenvalue weighted by Gasteiger charge is -2.24. The number of ether oxygens (including phenoxy) is 1. The quantitative estimate of drug-likeness (QED) is 0.483. The van der Waals surface area contributed by atoms with E-state index in [0.717, 1.165) is 17.2 Å². The van der Waals surface area contributed by atoms with Gasteiger partial charge in [-0.05, 0) is 35.2 Å². The molecule has 7 nitrogen and oxygen atoms in total. The molecule has 0 bridgehead atoms. The van der Waals surface area contributed by atoms with E-state index < -0.39 is 22.9 Å². The van der Waals surface area contributed by atoms with Crippen LogP contribution in [0.25, 0.3) is 0 Å². The minimum Gasteiger partial charge on any atom is -0.448 e. The van der Waals surface area contributed by atoms with Gasteiger partial charge in [-0.3, -0.25) is 14.9 Å². The molecule has 0 radical (unpaired) electrons. The van der Waals surface area contributed by atoms with Crippen LogP contribution >= 0.6 is 11.6 Å². The normalized spacial score (nSPS) is 15.9. The van der Waals surface area contributed by atoms with Crippen molar-refractivity contribution in [2.75, 3.05) is 5.32 Å². The number of nitro benzene ring substituents is 1. The van der Waals surface area contributed by atoms with Crippen molar-refractivity contribution in [3.8, 4) is 0 Å². The van der Waals surface area contributed by atoms with Crippen LogP contribution in [0.4, 0.5) is 11.4 Å². The second kappa shape index (κ2) is 7.36. The van der Waals surface area contributed by atoms with Gasteiger partial charge in [-0.1, -0.05) is 37.6 Å². The Bertz CT molecular complexity index is 942. The minimum atomic E-state index is -1.07. The third-order valence-corrected chi connectivity index (χ3v) is 4.61.